The standard InChI is InChI=1S/C26H32ClN9O4S/c27-20-7-8-23(36-17-29-32-33-36)19(13-20)6-9-25(37)35-15-18(14-34-11-10-22(16-34)31-41(28,39)40)12-24(35)26(38)30-21-4-2-1-3-5-21/h1-9,13,17-18,22,24,26,30-31,38H,10-12,14-16H2,(H2,28,39,40)/b9-6+/t18?,22-,24?,26?/m1/s1. The zero-order valence-electron chi connectivity index (χ0n) is 22.1. The molecule has 0 aliphatic carbocycles. The van der Waals surface area contributed by atoms with Gasteiger partial charge in [-0.2, -0.15) is 17.8 Å². The first-order chi connectivity index (χ1) is 19.6. The van der Waals surface area contributed by atoms with Gasteiger partial charge in [0.05, 0.1) is 11.7 Å². The van der Waals surface area contributed by atoms with Gasteiger partial charge < -0.3 is 20.2 Å². The Kier molecular flexibility index (Phi) is 8.97. The van der Waals surface area contributed by atoms with Crippen LogP contribution in [0.3, 0.4) is 0 Å². The normalized spacial score (nSPS) is 22.4. The van der Waals surface area contributed by atoms with Crippen LogP contribution in [0.2, 0.25) is 5.02 Å². The SMILES string of the molecule is NS(=O)(=O)N[C@@H]1CCN(CC2CC(C(O)Nc3ccccc3)N(C(=O)/C=C/c3cc(Cl)ccc3-n3cnnn3)C2)C1. The molecule has 2 saturated heterocycles. The van der Waals surface area contributed by atoms with Gasteiger partial charge in [0.25, 0.3) is 10.2 Å². The Labute approximate surface area is 243 Å². The Morgan fingerprint density at radius 1 is 1.22 bits per heavy atom. The van der Waals surface area contributed by atoms with E-state index in [-0.39, 0.29) is 17.9 Å². The van der Waals surface area contributed by atoms with Gasteiger partial charge in [0, 0.05) is 48.0 Å². The fourth-order valence-electron chi connectivity index (χ4n) is 5.53. The molecular formula is C26H32ClN9O4S. The summed E-state index contributed by atoms with van der Waals surface area (Å²) in [5.74, 6) is -0.190. The van der Waals surface area contributed by atoms with Crippen LogP contribution in [-0.2, 0) is 15.0 Å². The lowest BCUT2D eigenvalue weighted by molar-refractivity contribution is -0.128. The second-order valence-corrected chi connectivity index (χ2v) is 12.1. The molecule has 41 heavy (non-hydrogen) atoms. The van der Waals surface area contributed by atoms with Crippen molar-refractivity contribution in [2.75, 3.05) is 31.5 Å². The Balaban J connectivity index is 1.32. The highest BCUT2D eigenvalue weighted by atomic mass is 35.5. The molecule has 2 fully saturated rings. The van der Waals surface area contributed by atoms with E-state index in [0.29, 0.717) is 55.3 Å². The fraction of sp³-hybridized carbons (Fsp3) is 0.385. The van der Waals surface area contributed by atoms with Crippen molar-refractivity contribution in [1.29, 1.82) is 0 Å². The lowest BCUT2D eigenvalue weighted by Crippen LogP contribution is -2.45. The number of halogens is 1. The predicted molar refractivity (Wildman–Crippen MR) is 154 cm³/mol. The van der Waals surface area contributed by atoms with Gasteiger partial charge in [0.2, 0.25) is 5.91 Å². The summed E-state index contributed by atoms with van der Waals surface area (Å²) in [6.45, 7) is 2.33. The molecule has 2 aliphatic heterocycles. The molecule has 2 aromatic carbocycles. The summed E-state index contributed by atoms with van der Waals surface area (Å²) in [5, 5.41) is 31.2. The van der Waals surface area contributed by atoms with E-state index in [0.717, 1.165) is 5.69 Å². The Morgan fingerprint density at radius 3 is 2.76 bits per heavy atom. The van der Waals surface area contributed by atoms with Crippen molar-refractivity contribution in [2.24, 2.45) is 11.1 Å². The number of likely N-dealkylation sites (tertiary alicyclic amines) is 2. The van der Waals surface area contributed by atoms with Gasteiger partial charge in [-0.05, 0) is 72.1 Å². The number of anilines is 1. The predicted octanol–water partition coefficient (Wildman–Crippen LogP) is 0.844. The zero-order chi connectivity index (χ0) is 29.0. The van der Waals surface area contributed by atoms with Gasteiger partial charge >= 0.3 is 0 Å². The first-order valence-electron chi connectivity index (χ1n) is 13.2. The first-order valence-corrected chi connectivity index (χ1v) is 15.1. The summed E-state index contributed by atoms with van der Waals surface area (Å²) in [6.07, 6.45) is 4.80. The molecule has 0 spiro atoms. The van der Waals surface area contributed by atoms with Gasteiger partial charge in [0.15, 0.2) is 0 Å². The molecule has 3 aromatic rings. The van der Waals surface area contributed by atoms with E-state index in [1.54, 1.807) is 29.2 Å². The zero-order valence-corrected chi connectivity index (χ0v) is 23.7. The maximum Gasteiger partial charge on any atom is 0.274 e. The van der Waals surface area contributed by atoms with Gasteiger partial charge in [0.1, 0.15) is 12.6 Å². The number of nitrogens with one attached hydrogen (secondary N) is 2. The van der Waals surface area contributed by atoms with Gasteiger partial charge in [-0.15, -0.1) is 5.10 Å². The van der Waals surface area contributed by atoms with E-state index in [4.69, 9.17) is 16.7 Å². The molecule has 218 valence electrons. The molecule has 1 aromatic heterocycles. The van der Waals surface area contributed by atoms with Crippen LogP contribution in [0.5, 0.6) is 0 Å². The van der Waals surface area contributed by atoms with E-state index < -0.39 is 22.5 Å². The van der Waals surface area contributed by atoms with Gasteiger partial charge in [-0.1, -0.05) is 29.8 Å². The van der Waals surface area contributed by atoms with Crippen molar-refractivity contribution in [3.8, 4) is 5.69 Å². The van der Waals surface area contributed by atoms with Crippen molar-refractivity contribution in [2.45, 2.75) is 31.2 Å². The number of rotatable bonds is 10. The lowest BCUT2D eigenvalue weighted by atomic mass is 10.0. The Hall–Kier alpha value is -3.40. The molecule has 15 heteroatoms. The first kappa shape index (κ1) is 29.1. The summed E-state index contributed by atoms with van der Waals surface area (Å²) in [4.78, 5) is 17.4. The summed E-state index contributed by atoms with van der Waals surface area (Å²) >= 11 is 6.23. The number of amides is 1. The van der Waals surface area contributed by atoms with E-state index in [2.05, 4.69) is 30.5 Å². The summed E-state index contributed by atoms with van der Waals surface area (Å²) in [5.41, 5.74) is 2.05. The molecule has 5 N–H and O–H groups in total. The third-order valence-electron chi connectivity index (χ3n) is 7.28. The van der Waals surface area contributed by atoms with Crippen LogP contribution >= 0.6 is 11.6 Å². The van der Waals surface area contributed by atoms with Crippen LogP contribution in [-0.4, -0.2) is 93.9 Å². The Bertz CT molecular complexity index is 1470. The highest BCUT2D eigenvalue weighted by Crippen LogP contribution is 2.29. The lowest BCUT2D eigenvalue weighted by Gasteiger charge is -2.28. The largest absolute Gasteiger partial charge is 0.372 e. The van der Waals surface area contributed by atoms with Crippen molar-refractivity contribution in [1.82, 2.24) is 34.7 Å². The third kappa shape index (κ3) is 7.67. The third-order valence-corrected chi connectivity index (χ3v) is 8.17. The monoisotopic (exact) mass is 601 g/mol. The van der Waals surface area contributed by atoms with Gasteiger partial charge in [-0.25, -0.2) is 5.14 Å². The number of para-hydroxylation sites is 1. The number of benzene rings is 2. The smallest absolute Gasteiger partial charge is 0.274 e. The quantitative estimate of drug-likeness (QED) is 0.194. The molecule has 13 nitrogen and oxygen atoms in total. The molecule has 1 amide bonds. The second kappa shape index (κ2) is 12.6. The van der Waals surface area contributed by atoms with Crippen LogP contribution in [0.15, 0.2) is 60.9 Å². The van der Waals surface area contributed by atoms with Crippen LogP contribution in [0.4, 0.5) is 5.69 Å². The van der Waals surface area contributed by atoms with Crippen LogP contribution in [0.1, 0.15) is 18.4 Å². The molecule has 5 rings (SSSR count). The van der Waals surface area contributed by atoms with Crippen LogP contribution in [0.25, 0.3) is 11.8 Å². The fourth-order valence-corrected chi connectivity index (χ4v) is 6.37. The number of carbonyl (C=O) groups is 1. The number of nitrogens with zero attached hydrogens (tertiary/aromatic N) is 6. The van der Waals surface area contributed by atoms with Crippen LogP contribution < -0.4 is 15.2 Å². The number of aliphatic hydroxyl groups is 1. The van der Waals surface area contributed by atoms with Crippen molar-refractivity contribution < 1.29 is 18.3 Å². The molecule has 0 saturated carbocycles. The van der Waals surface area contributed by atoms with E-state index >= 15 is 0 Å². The molecule has 0 radical (unpaired) electrons. The number of tetrazole rings is 1. The van der Waals surface area contributed by atoms with E-state index in [9.17, 15) is 18.3 Å². The minimum absolute atomic E-state index is 0.0701. The highest BCUT2D eigenvalue weighted by Gasteiger charge is 2.40. The number of aromatic nitrogens is 4. The summed E-state index contributed by atoms with van der Waals surface area (Å²) in [6, 6.07) is 13.8. The average molecular weight is 602 g/mol. The van der Waals surface area contributed by atoms with Crippen molar-refractivity contribution >= 4 is 39.5 Å². The maximum absolute atomic E-state index is 13.6. The summed E-state index contributed by atoms with van der Waals surface area (Å²) in [7, 11) is -3.78. The molecule has 2 aliphatic rings. The average Bonchev–Trinajstić information content (AvgIpc) is 3.69. The number of nitrogens with two attached hydrogens (primary N) is 1. The molecule has 4 atom stereocenters. The van der Waals surface area contributed by atoms with Crippen molar-refractivity contribution in [3.05, 3.63) is 71.5 Å². The Morgan fingerprint density at radius 2 is 2.02 bits per heavy atom. The molecule has 3 unspecified atom stereocenters. The second-order valence-electron chi connectivity index (χ2n) is 10.3. The number of hydrogen-bond acceptors (Lipinski definition) is 9. The van der Waals surface area contributed by atoms with E-state index in [1.165, 1.54) is 17.1 Å². The van der Waals surface area contributed by atoms with E-state index in [1.807, 2.05) is 30.3 Å². The van der Waals surface area contributed by atoms with Gasteiger partial charge in [-0.3, -0.25) is 4.79 Å². The summed E-state index contributed by atoms with van der Waals surface area (Å²) < 4.78 is 26.8. The number of carbonyl (C=O) groups excluding carboxylic acids is 1. The minimum atomic E-state index is -3.78. The highest BCUT2D eigenvalue weighted by molar-refractivity contribution is 7.87. The molecular weight excluding hydrogens is 570 g/mol. The topological polar surface area (TPSA) is 172 Å². The maximum atomic E-state index is 13.6. The van der Waals surface area contributed by atoms with Crippen molar-refractivity contribution in [3.63, 3.8) is 0 Å². The molecule has 3 heterocycles. The number of hydrogen-bond donors (Lipinski definition) is 4. The van der Waals surface area contributed by atoms with Crippen LogP contribution in [0, 0.1) is 5.92 Å². The molecule has 0 bridgehead atoms. The minimum Gasteiger partial charge on any atom is -0.372 e. The number of aliphatic hydroxyl groups excluding tert-OH is 1.